The summed E-state index contributed by atoms with van der Waals surface area (Å²) in [7, 11) is 0. The average molecular weight is 320 g/mol. The maximum atomic E-state index is 11.6. The van der Waals surface area contributed by atoms with Crippen LogP contribution in [0.25, 0.3) is 0 Å². The molecule has 0 radical (unpaired) electrons. The maximum Gasteiger partial charge on any atom is 0.238 e. The molecule has 0 aliphatic rings. The Morgan fingerprint density at radius 1 is 1.41 bits per heavy atom. The van der Waals surface area contributed by atoms with Crippen LogP contribution in [0, 0.1) is 0 Å². The Hall–Kier alpha value is -0.580. The summed E-state index contributed by atoms with van der Waals surface area (Å²) in [5, 5.41) is 6.53. The quantitative estimate of drug-likeness (QED) is 0.896. The molecule has 1 amide bonds. The Labute approximate surface area is 115 Å². The Kier molecular flexibility index (Phi) is 4.98. The normalized spacial score (nSPS) is 11.4. The number of halogens is 2. The first-order valence-corrected chi connectivity index (χ1v) is 6.45. The molecule has 94 valence electrons. The van der Waals surface area contributed by atoms with E-state index in [0.29, 0.717) is 5.02 Å². The summed E-state index contributed by atoms with van der Waals surface area (Å²) in [6, 6.07) is 5.28. The number of rotatable bonds is 3. The van der Waals surface area contributed by atoms with E-state index >= 15 is 0 Å². The van der Waals surface area contributed by atoms with Gasteiger partial charge in [0.2, 0.25) is 5.91 Å². The minimum absolute atomic E-state index is 0.0715. The fraction of sp³-hybridized carbons (Fsp3) is 0.417. The van der Waals surface area contributed by atoms with Crippen molar-refractivity contribution in [2.24, 2.45) is 0 Å². The molecule has 0 aliphatic heterocycles. The molecule has 0 unspecified atom stereocenters. The van der Waals surface area contributed by atoms with Gasteiger partial charge in [0.15, 0.2) is 0 Å². The van der Waals surface area contributed by atoms with Crippen molar-refractivity contribution >= 4 is 39.1 Å². The van der Waals surface area contributed by atoms with Gasteiger partial charge in [-0.1, -0.05) is 11.6 Å². The first kappa shape index (κ1) is 14.5. The smallest absolute Gasteiger partial charge is 0.238 e. The van der Waals surface area contributed by atoms with Gasteiger partial charge >= 0.3 is 0 Å². The lowest BCUT2D eigenvalue weighted by Gasteiger charge is -2.20. The zero-order valence-electron chi connectivity index (χ0n) is 10.1. The van der Waals surface area contributed by atoms with Gasteiger partial charge in [-0.25, -0.2) is 0 Å². The van der Waals surface area contributed by atoms with Crippen molar-refractivity contribution in [2.45, 2.75) is 26.3 Å². The highest BCUT2D eigenvalue weighted by molar-refractivity contribution is 9.10. The number of benzene rings is 1. The monoisotopic (exact) mass is 318 g/mol. The topological polar surface area (TPSA) is 41.1 Å². The summed E-state index contributed by atoms with van der Waals surface area (Å²) in [5.41, 5.74) is 0.653. The van der Waals surface area contributed by atoms with Crippen molar-refractivity contribution in [1.82, 2.24) is 5.32 Å². The molecule has 17 heavy (non-hydrogen) atoms. The van der Waals surface area contributed by atoms with E-state index in [1.807, 2.05) is 20.8 Å². The minimum atomic E-state index is -0.0749. The van der Waals surface area contributed by atoms with E-state index in [0.717, 1.165) is 10.2 Å². The summed E-state index contributed by atoms with van der Waals surface area (Å²) >= 11 is 9.17. The van der Waals surface area contributed by atoms with Gasteiger partial charge in [-0.2, -0.15) is 0 Å². The zero-order valence-corrected chi connectivity index (χ0v) is 12.4. The molecule has 1 rings (SSSR count). The van der Waals surface area contributed by atoms with E-state index in [2.05, 4.69) is 26.6 Å². The first-order valence-electron chi connectivity index (χ1n) is 5.28. The van der Waals surface area contributed by atoms with Gasteiger partial charge in [0, 0.05) is 15.7 Å². The molecular formula is C12H16BrClN2O. The summed E-state index contributed by atoms with van der Waals surface area (Å²) in [6.45, 7) is 6.32. The summed E-state index contributed by atoms with van der Waals surface area (Å²) in [5.74, 6) is -0.0749. The van der Waals surface area contributed by atoms with Crippen LogP contribution < -0.4 is 10.6 Å². The lowest BCUT2D eigenvalue weighted by Crippen LogP contribution is -2.41. The fourth-order valence-electron chi connectivity index (χ4n) is 1.12. The second kappa shape index (κ2) is 5.85. The summed E-state index contributed by atoms with van der Waals surface area (Å²) in [4.78, 5) is 11.6. The van der Waals surface area contributed by atoms with Crippen LogP contribution in [0.3, 0.4) is 0 Å². The molecule has 2 N–H and O–H groups in total. The lowest BCUT2D eigenvalue weighted by atomic mass is 10.1. The standard InChI is InChI=1S/C12H16BrClN2O/c1-12(2,3)15-7-11(17)16-8-4-5-10(14)9(13)6-8/h4-6,15H,7H2,1-3H3,(H,16,17). The third-order valence-electron chi connectivity index (χ3n) is 1.98. The number of carbonyl (C=O) groups excluding carboxylic acids is 1. The van der Waals surface area contributed by atoms with Crippen LogP contribution >= 0.6 is 27.5 Å². The molecule has 0 heterocycles. The highest BCUT2D eigenvalue weighted by atomic mass is 79.9. The lowest BCUT2D eigenvalue weighted by molar-refractivity contribution is -0.115. The number of hydrogen-bond donors (Lipinski definition) is 2. The molecule has 0 spiro atoms. The third-order valence-corrected chi connectivity index (χ3v) is 3.20. The van der Waals surface area contributed by atoms with Crippen molar-refractivity contribution in [3.05, 3.63) is 27.7 Å². The maximum absolute atomic E-state index is 11.6. The summed E-state index contributed by atoms with van der Waals surface area (Å²) < 4.78 is 0.765. The molecule has 0 fully saturated rings. The Morgan fingerprint density at radius 3 is 2.59 bits per heavy atom. The Bertz CT molecular complexity index is 415. The molecule has 0 saturated carbocycles. The molecule has 5 heteroatoms. The van der Waals surface area contributed by atoms with Crippen LogP contribution in [0.5, 0.6) is 0 Å². The van der Waals surface area contributed by atoms with Crippen LogP contribution in [0.15, 0.2) is 22.7 Å². The number of amides is 1. The number of carbonyl (C=O) groups is 1. The van der Waals surface area contributed by atoms with Gasteiger partial charge in [-0.05, 0) is 54.9 Å². The molecule has 1 aromatic rings. The third kappa shape index (κ3) is 5.52. The van der Waals surface area contributed by atoms with Gasteiger partial charge in [0.05, 0.1) is 11.6 Å². The predicted molar refractivity (Wildman–Crippen MR) is 75.5 cm³/mol. The van der Waals surface area contributed by atoms with E-state index in [-0.39, 0.29) is 18.0 Å². The van der Waals surface area contributed by atoms with E-state index in [9.17, 15) is 4.79 Å². The van der Waals surface area contributed by atoms with Gasteiger partial charge in [-0.15, -0.1) is 0 Å². The minimum Gasteiger partial charge on any atom is -0.325 e. The second-order valence-electron chi connectivity index (χ2n) is 4.78. The van der Waals surface area contributed by atoms with Gasteiger partial charge in [0.1, 0.15) is 0 Å². The van der Waals surface area contributed by atoms with Crippen molar-refractivity contribution in [3.63, 3.8) is 0 Å². The molecule has 0 aromatic heterocycles. The molecule has 3 nitrogen and oxygen atoms in total. The number of anilines is 1. The molecule has 0 atom stereocenters. The SMILES string of the molecule is CC(C)(C)NCC(=O)Nc1ccc(Cl)c(Br)c1. The Morgan fingerprint density at radius 2 is 2.06 bits per heavy atom. The van der Waals surface area contributed by atoms with Gasteiger partial charge < -0.3 is 10.6 Å². The van der Waals surface area contributed by atoms with Crippen molar-refractivity contribution in [1.29, 1.82) is 0 Å². The van der Waals surface area contributed by atoms with Crippen LogP contribution in [0.4, 0.5) is 5.69 Å². The first-order chi connectivity index (χ1) is 7.78. The highest BCUT2D eigenvalue weighted by Gasteiger charge is 2.11. The van der Waals surface area contributed by atoms with E-state index < -0.39 is 0 Å². The van der Waals surface area contributed by atoms with Crippen molar-refractivity contribution in [3.8, 4) is 0 Å². The van der Waals surface area contributed by atoms with Crippen LogP contribution in [0.1, 0.15) is 20.8 Å². The largest absolute Gasteiger partial charge is 0.325 e. The van der Waals surface area contributed by atoms with Crippen molar-refractivity contribution < 1.29 is 4.79 Å². The average Bonchev–Trinajstić information content (AvgIpc) is 2.20. The van der Waals surface area contributed by atoms with E-state index in [1.54, 1.807) is 18.2 Å². The van der Waals surface area contributed by atoms with Crippen LogP contribution in [-0.4, -0.2) is 18.0 Å². The van der Waals surface area contributed by atoms with E-state index in [1.165, 1.54) is 0 Å². The molecule has 1 aromatic carbocycles. The molecule has 0 aliphatic carbocycles. The van der Waals surface area contributed by atoms with E-state index in [4.69, 9.17) is 11.6 Å². The summed E-state index contributed by atoms with van der Waals surface area (Å²) in [6.07, 6.45) is 0. The molecular weight excluding hydrogens is 304 g/mol. The number of hydrogen-bond acceptors (Lipinski definition) is 2. The van der Waals surface area contributed by atoms with Crippen LogP contribution in [0.2, 0.25) is 5.02 Å². The molecule has 0 saturated heterocycles. The fourth-order valence-corrected chi connectivity index (χ4v) is 1.62. The highest BCUT2D eigenvalue weighted by Crippen LogP contribution is 2.25. The number of nitrogens with one attached hydrogen (secondary N) is 2. The van der Waals surface area contributed by atoms with Gasteiger partial charge in [-0.3, -0.25) is 4.79 Å². The molecule has 0 bridgehead atoms. The predicted octanol–water partition coefficient (Wildman–Crippen LogP) is 3.43. The Balaban J connectivity index is 2.54. The second-order valence-corrected chi connectivity index (χ2v) is 6.04. The zero-order chi connectivity index (χ0) is 13.1. The van der Waals surface area contributed by atoms with Gasteiger partial charge in [0.25, 0.3) is 0 Å². The van der Waals surface area contributed by atoms with Crippen LogP contribution in [-0.2, 0) is 4.79 Å². The van der Waals surface area contributed by atoms with Crippen molar-refractivity contribution in [2.75, 3.05) is 11.9 Å².